The Hall–Kier alpha value is -0.730. The van der Waals surface area contributed by atoms with E-state index in [0.717, 1.165) is 6.42 Å². The molecule has 3 heteroatoms. The van der Waals surface area contributed by atoms with Crippen LogP contribution >= 0.6 is 0 Å². The highest BCUT2D eigenvalue weighted by atomic mass is 19.3. The lowest BCUT2D eigenvalue weighted by Gasteiger charge is -2.15. The maximum absolute atomic E-state index is 11.8. The lowest BCUT2D eigenvalue weighted by atomic mass is 9.91. The fourth-order valence-electron chi connectivity index (χ4n) is 1.23. The number of halogens is 2. The van der Waals surface area contributed by atoms with Crippen LogP contribution in [0.2, 0.25) is 0 Å². The quantitative estimate of drug-likeness (QED) is 0.566. The van der Waals surface area contributed by atoms with Gasteiger partial charge in [-0.15, -0.1) is 0 Å². The molecular formula is C8H10F2O. The van der Waals surface area contributed by atoms with Gasteiger partial charge in [-0.3, -0.25) is 4.79 Å². The third-order valence-corrected chi connectivity index (χ3v) is 1.89. The lowest BCUT2D eigenvalue weighted by molar-refractivity contribution is -0.133. The maximum atomic E-state index is 11.8. The van der Waals surface area contributed by atoms with Crippen LogP contribution in [0.1, 0.15) is 19.3 Å². The number of alkyl halides is 2. The van der Waals surface area contributed by atoms with Crippen LogP contribution in [0.3, 0.4) is 0 Å². The lowest BCUT2D eigenvalue weighted by Crippen LogP contribution is -2.22. The molecule has 0 aromatic carbocycles. The van der Waals surface area contributed by atoms with Gasteiger partial charge in [-0.05, 0) is 19.3 Å². The topological polar surface area (TPSA) is 17.1 Å². The van der Waals surface area contributed by atoms with Gasteiger partial charge in [0.05, 0.1) is 0 Å². The molecule has 0 aromatic heterocycles. The standard InChI is InChI=1S/C8H10F2O/c9-8(10)7(11)6-4-2-1-3-5-6/h1-2,6,8H,3-5H2. The molecule has 0 saturated carbocycles. The molecule has 1 aliphatic carbocycles. The molecule has 1 unspecified atom stereocenters. The smallest absolute Gasteiger partial charge is 0.293 e. The van der Waals surface area contributed by atoms with Crippen molar-refractivity contribution < 1.29 is 13.6 Å². The Labute approximate surface area is 64.1 Å². The summed E-state index contributed by atoms with van der Waals surface area (Å²) in [5.41, 5.74) is 0. The van der Waals surface area contributed by atoms with Crippen molar-refractivity contribution in [3.05, 3.63) is 12.2 Å². The van der Waals surface area contributed by atoms with Crippen LogP contribution in [0.5, 0.6) is 0 Å². The van der Waals surface area contributed by atoms with Gasteiger partial charge in [-0.1, -0.05) is 12.2 Å². The molecule has 1 aliphatic rings. The van der Waals surface area contributed by atoms with Crippen molar-refractivity contribution in [2.24, 2.45) is 5.92 Å². The number of hydrogen-bond acceptors (Lipinski definition) is 1. The molecule has 1 nitrogen and oxygen atoms in total. The summed E-state index contributed by atoms with van der Waals surface area (Å²) in [4.78, 5) is 10.7. The van der Waals surface area contributed by atoms with Crippen molar-refractivity contribution in [3.63, 3.8) is 0 Å². The first kappa shape index (κ1) is 8.37. The van der Waals surface area contributed by atoms with E-state index >= 15 is 0 Å². The normalized spacial score (nSPS) is 24.1. The first-order chi connectivity index (χ1) is 5.22. The number of ketones is 1. The summed E-state index contributed by atoms with van der Waals surface area (Å²) in [5.74, 6) is -1.32. The van der Waals surface area contributed by atoms with Gasteiger partial charge in [-0.2, -0.15) is 0 Å². The number of hydrogen-bond donors (Lipinski definition) is 0. The van der Waals surface area contributed by atoms with Gasteiger partial charge in [0.25, 0.3) is 6.43 Å². The van der Waals surface area contributed by atoms with Crippen molar-refractivity contribution in [2.45, 2.75) is 25.7 Å². The number of carbonyl (C=O) groups is 1. The first-order valence-electron chi connectivity index (χ1n) is 3.68. The van der Waals surface area contributed by atoms with E-state index in [2.05, 4.69) is 0 Å². The van der Waals surface area contributed by atoms with E-state index in [4.69, 9.17) is 0 Å². The molecular weight excluding hydrogens is 150 g/mol. The van der Waals surface area contributed by atoms with Gasteiger partial charge in [0.2, 0.25) is 5.78 Å². The summed E-state index contributed by atoms with van der Waals surface area (Å²) in [7, 11) is 0. The van der Waals surface area contributed by atoms with Crippen molar-refractivity contribution in [2.75, 3.05) is 0 Å². The van der Waals surface area contributed by atoms with Crippen LogP contribution in [0.4, 0.5) is 8.78 Å². The number of carbonyl (C=O) groups excluding carboxylic acids is 1. The Balaban J connectivity index is 2.47. The first-order valence-corrected chi connectivity index (χ1v) is 3.68. The van der Waals surface area contributed by atoms with Gasteiger partial charge in [-0.25, -0.2) is 8.78 Å². The monoisotopic (exact) mass is 160 g/mol. The van der Waals surface area contributed by atoms with Crippen LogP contribution < -0.4 is 0 Å². The van der Waals surface area contributed by atoms with Gasteiger partial charge < -0.3 is 0 Å². The highest BCUT2D eigenvalue weighted by molar-refractivity contribution is 5.84. The van der Waals surface area contributed by atoms with E-state index in [1.54, 1.807) is 6.08 Å². The molecule has 1 rings (SSSR count). The summed E-state index contributed by atoms with van der Waals surface area (Å²) in [6, 6.07) is 0. The molecule has 0 spiro atoms. The Morgan fingerprint density at radius 2 is 2.18 bits per heavy atom. The van der Waals surface area contributed by atoms with Crippen LogP contribution in [0.15, 0.2) is 12.2 Å². The molecule has 0 aliphatic heterocycles. The minimum atomic E-state index is -2.79. The molecule has 11 heavy (non-hydrogen) atoms. The molecule has 0 amide bonds. The average Bonchev–Trinajstić information content (AvgIpc) is 2.05. The van der Waals surface area contributed by atoms with Crippen molar-refractivity contribution in [1.29, 1.82) is 0 Å². The zero-order chi connectivity index (χ0) is 8.27. The van der Waals surface area contributed by atoms with Crippen molar-refractivity contribution in [1.82, 2.24) is 0 Å². The summed E-state index contributed by atoms with van der Waals surface area (Å²) in [5, 5.41) is 0. The van der Waals surface area contributed by atoms with E-state index in [1.165, 1.54) is 0 Å². The Morgan fingerprint density at radius 3 is 2.64 bits per heavy atom. The fraction of sp³-hybridized carbons (Fsp3) is 0.625. The Morgan fingerprint density at radius 1 is 1.45 bits per heavy atom. The Bertz CT molecular complexity index is 175. The minimum absolute atomic E-state index is 0.431. The van der Waals surface area contributed by atoms with Crippen LogP contribution in [0, 0.1) is 5.92 Å². The summed E-state index contributed by atoms with van der Waals surface area (Å²) in [6.45, 7) is 0. The van der Waals surface area contributed by atoms with Gasteiger partial charge in [0.15, 0.2) is 0 Å². The SMILES string of the molecule is O=C(C(F)F)C1CC=CCC1. The number of Topliss-reactive ketones (excluding diaryl/α,β-unsaturated/α-hetero) is 1. The maximum Gasteiger partial charge on any atom is 0.296 e. The largest absolute Gasteiger partial charge is 0.296 e. The van der Waals surface area contributed by atoms with Crippen molar-refractivity contribution >= 4 is 5.78 Å². The van der Waals surface area contributed by atoms with E-state index < -0.39 is 18.1 Å². The second-order valence-electron chi connectivity index (χ2n) is 2.68. The molecule has 0 bridgehead atoms. The third-order valence-electron chi connectivity index (χ3n) is 1.89. The molecule has 0 fully saturated rings. The van der Waals surface area contributed by atoms with Crippen LogP contribution in [-0.4, -0.2) is 12.2 Å². The molecule has 0 radical (unpaired) electrons. The predicted octanol–water partition coefficient (Wildman–Crippen LogP) is 2.18. The van der Waals surface area contributed by atoms with E-state index in [9.17, 15) is 13.6 Å². The molecule has 0 saturated heterocycles. The second kappa shape index (κ2) is 3.60. The van der Waals surface area contributed by atoms with E-state index in [1.807, 2.05) is 6.08 Å². The molecule has 1 atom stereocenters. The van der Waals surface area contributed by atoms with E-state index in [0.29, 0.717) is 12.8 Å². The van der Waals surface area contributed by atoms with Crippen LogP contribution in [0.25, 0.3) is 0 Å². The highest BCUT2D eigenvalue weighted by Gasteiger charge is 2.25. The van der Waals surface area contributed by atoms with Crippen LogP contribution in [-0.2, 0) is 4.79 Å². The molecule has 0 N–H and O–H groups in total. The number of allylic oxidation sites excluding steroid dienone is 2. The summed E-state index contributed by atoms with van der Waals surface area (Å²) >= 11 is 0. The fourth-order valence-corrected chi connectivity index (χ4v) is 1.23. The third kappa shape index (κ3) is 2.10. The highest BCUT2D eigenvalue weighted by Crippen LogP contribution is 2.21. The van der Waals surface area contributed by atoms with Gasteiger partial charge >= 0.3 is 0 Å². The van der Waals surface area contributed by atoms with Crippen molar-refractivity contribution in [3.8, 4) is 0 Å². The zero-order valence-corrected chi connectivity index (χ0v) is 6.09. The molecule has 0 heterocycles. The zero-order valence-electron chi connectivity index (χ0n) is 6.09. The van der Waals surface area contributed by atoms with Gasteiger partial charge in [0.1, 0.15) is 0 Å². The molecule has 62 valence electrons. The second-order valence-corrected chi connectivity index (χ2v) is 2.68. The summed E-state index contributed by atoms with van der Waals surface area (Å²) in [6.07, 6.45) is 2.77. The van der Waals surface area contributed by atoms with Gasteiger partial charge in [0, 0.05) is 5.92 Å². The predicted molar refractivity (Wildman–Crippen MR) is 37.5 cm³/mol. The number of rotatable bonds is 2. The Kier molecular flexibility index (Phi) is 2.74. The van der Waals surface area contributed by atoms with E-state index in [-0.39, 0.29) is 0 Å². The molecule has 0 aromatic rings. The summed E-state index contributed by atoms with van der Waals surface area (Å²) < 4.78 is 23.7. The minimum Gasteiger partial charge on any atom is -0.293 e. The average molecular weight is 160 g/mol.